The number of halogens is 1. The number of nitrogens with zero attached hydrogens (tertiary/aromatic N) is 2. The Labute approximate surface area is 145 Å². The van der Waals surface area contributed by atoms with Crippen LogP contribution in [0.4, 0.5) is 5.69 Å². The van der Waals surface area contributed by atoms with E-state index in [1.54, 1.807) is 6.07 Å². The summed E-state index contributed by atoms with van der Waals surface area (Å²) in [7, 11) is 1.46. The molecular formula is C16H19ClN2O5. The summed E-state index contributed by atoms with van der Waals surface area (Å²) >= 11 is 5.62. The van der Waals surface area contributed by atoms with Gasteiger partial charge in [0, 0.05) is 19.1 Å². The zero-order valence-electron chi connectivity index (χ0n) is 13.4. The molecule has 1 fully saturated rings. The molecule has 2 rings (SSSR count). The minimum atomic E-state index is -0.956. The Morgan fingerprint density at radius 2 is 2.12 bits per heavy atom. The van der Waals surface area contributed by atoms with Gasteiger partial charge in [-0.25, -0.2) is 0 Å². The maximum absolute atomic E-state index is 11.6. The molecule has 130 valence electrons. The second-order valence-electron chi connectivity index (χ2n) is 5.47. The number of ether oxygens (including phenoxy) is 3. The Hall–Kier alpha value is -2.04. The summed E-state index contributed by atoms with van der Waals surface area (Å²) in [4.78, 5) is 11.1. The molecular weight excluding hydrogens is 336 g/mol. The van der Waals surface area contributed by atoms with Crippen LogP contribution in [-0.4, -0.2) is 37.7 Å². The first kappa shape index (κ1) is 18.3. The number of rotatable bonds is 7. The van der Waals surface area contributed by atoms with Gasteiger partial charge in [0.05, 0.1) is 41.8 Å². The van der Waals surface area contributed by atoms with E-state index >= 15 is 0 Å². The van der Waals surface area contributed by atoms with Crippen molar-refractivity contribution in [1.29, 1.82) is 5.26 Å². The monoisotopic (exact) mass is 354 g/mol. The van der Waals surface area contributed by atoms with Gasteiger partial charge in [-0.15, -0.1) is 11.6 Å². The van der Waals surface area contributed by atoms with Crippen molar-refractivity contribution in [1.82, 2.24) is 0 Å². The van der Waals surface area contributed by atoms with Crippen LogP contribution in [0.5, 0.6) is 11.5 Å². The Balaban J connectivity index is 2.50. The number of nitro groups is 1. The first-order valence-electron chi connectivity index (χ1n) is 7.62. The molecule has 1 heterocycles. The molecule has 1 aliphatic heterocycles. The normalized spacial score (nSPS) is 16.2. The van der Waals surface area contributed by atoms with Crippen molar-refractivity contribution in [2.45, 2.75) is 24.7 Å². The fourth-order valence-electron chi connectivity index (χ4n) is 2.75. The van der Waals surface area contributed by atoms with Crippen LogP contribution in [0.2, 0.25) is 0 Å². The first-order chi connectivity index (χ1) is 11.6. The summed E-state index contributed by atoms with van der Waals surface area (Å²) in [5.41, 5.74) is -0.747. The molecule has 1 saturated heterocycles. The van der Waals surface area contributed by atoms with Crippen molar-refractivity contribution in [3.8, 4) is 17.6 Å². The zero-order chi connectivity index (χ0) is 17.6. The Kier molecular flexibility index (Phi) is 6.23. The van der Waals surface area contributed by atoms with E-state index < -0.39 is 10.3 Å². The van der Waals surface area contributed by atoms with Gasteiger partial charge >= 0.3 is 0 Å². The number of hydrogen-bond acceptors (Lipinski definition) is 6. The topological polar surface area (TPSA) is 94.6 Å². The molecule has 1 aliphatic rings. The molecule has 0 unspecified atom stereocenters. The van der Waals surface area contributed by atoms with Crippen molar-refractivity contribution in [2.75, 3.05) is 32.8 Å². The summed E-state index contributed by atoms with van der Waals surface area (Å²) in [6.45, 7) is 1.11. The fourth-order valence-corrected chi connectivity index (χ4v) is 2.86. The third kappa shape index (κ3) is 3.71. The maximum atomic E-state index is 11.6. The average molecular weight is 355 g/mol. The molecule has 24 heavy (non-hydrogen) atoms. The van der Waals surface area contributed by atoms with Gasteiger partial charge in [-0.1, -0.05) is 0 Å². The highest BCUT2D eigenvalue weighted by atomic mass is 35.5. The lowest BCUT2D eigenvalue weighted by molar-refractivity contribution is -0.386. The summed E-state index contributed by atoms with van der Waals surface area (Å²) in [6.07, 6.45) is 1.42. The molecule has 0 aliphatic carbocycles. The molecule has 0 N–H and O–H groups in total. The van der Waals surface area contributed by atoms with E-state index in [2.05, 4.69) is 6.07 Å². The number of methoxy groups -OCH3 is 1. The largest absolute Gasteiger partial charge is 0.493 e. The molecule has 0 atom stereocenters. The van der Waals surface area contributed by atoms with E-state index in [0.717, 1.165) is 0 Å². The second kappa shape index (κ2) is 8.18. The lowest BCUT2D eigenvalue weighted by Gasteiger charge is -2.31. The molecule has 1 aromatic carbocycles. The van der Waals surface area contributed by atoms with Crippen LogP contribution < -0.4 is 9.47 Å². The minimum Gasteiger partial charge on any atom is -0.493 e. The molecule has 0 spiro atoms. The van der Waals surface area contributed by atoms with Gasteiger partial charge in [-0.05, 0) is 25.3 Å². The predicted molar refractivity (Wildman–Crippen MR) is 87.8 cm³/mol. The number of nitriles is 1. The number of hydrogen-bond donors (Lipinski definition) is 0. The van der Waals surface area contributed by atoms with E-state index in [1.807, 2.05) is 0 Å². The highest BCUT2D eigenvalue weighted by Gasteiger charge is 2.41. The van der Waals surface area contributed by atoms with Gasteiger partial charge in [0.1, 0.15) is 0 Å². The molecule has 7 nitrogen and oxygen atoms in total. The summed E-state index contributed by atoms with van der Waals surface area (Å²) in [5, 5.41) is 21.2. The molecule has 0 radical (unpaired) electrons. The van der Waals surface area contributed by atoms with Crippen LogP contribution in [0, 0.1) is 21.4 Å². The predicted octanol–water partition coefficient (Wildman–Crippen LogP) is 3.18. The fraction of sp³-hybridized carbons (Fsp3) is 0.562. The highest BCUT2D eigenvalue weighted by Crippen LogP contribution is 2.44. The second-order valence-corrected chi connectivity index (χ2v) is 5.85. The van der Waals surface area contributed by atoms with Gasteiger partial charge in [0.2, 0.25) is 0 Å². The molecule has 0 bridgehead atoms. The van der Waals surface area contributed by atoms with Crippen LogP contribution >= 0.6 is 11.6 Å². The zero-order valence-corrected chi connectivity index (χ0v) is 14.2. The Bertz CT molecular complexity index is 638. The first-order valence-corrected chi connectivity index (χ1v) is 8.16. The van der Waals surface area contributed by atoms with Crippen LogP contribution in [-0.2, 0) is 10.2 Å². The molecule has 0 aromatic heterocycles. The van der Waals surface area contributed by atoms with Crippen molar-refractivity contribution >= 4 is 17.3 Å². The summed E-state index contributed by atoms with van der Waals surface area (Å²) < 4.78 is 16.2. The maximum Gasteiger partial charge on any atom is 0.278 e. The standard InChI is InChI=1S/C16H19ClN2O5/c1-22-14-9-12(16(11-18)3-7-23-8-4-16)13(19(20)21)10-15(14)24-6-2-5-17/h9-10H,2-8H2,1H3. The molecule has 0 amide bonds. The third-order valence-corrected chi connectivity index (χ3v) is 4.36. The summed E-state index contributed by atoms with van der Waals surface area (Å²) in [5.74, 6) is 1.07. The summed E-state index contributed by atoms with van der Waals surface area (Å²) in [6, 6.07) is 5.13. The Morgan fingerprint density at radius 1 is 1.42 bits per heavy atom. The molecule has 0 saturated carbocycles. The van der Waals surface area contributed by atoms with Gasteiger partial charge in [-0.3, -0.25) is 10.1 Å². The number of alkyl halides is 1. The van der Waals surface area contributed by atoms with Crippen LogP contribution in [0.3, 0.4) is 0 Å². The van der Waals surface area contributed by atoms with Crippen molar-refractivity contribution in [2.24, 2.45) is 0 Å². The molecule has 1 aromatic rings. The number of nitro benzene ring substituents is 1. The lowest BCUT2D eigenvalue weighted by Crippen LogP contribution is -2.33. The van der Waals surface area contributed by atoms with Crippen LogP contribution in [0.1, 0.15) is 24.8 Å². The van der Waals surface area contributed by atoms with Gasteiger partial charge in [0.15, 0.2) is 11.5 Å². The van der Waals surface area contributed by atoms with Gasteiger partial charge in [-0.2, -0.15) is 5.26 Å². The average Bonchev–Trinajstić information content (AvgIpc) is 2.61. The molecule has 8 heteroatoms. The third-order valence-electron chi connectivity index (χ3n) is 4.09. The smallest absolute Gasteiger partial charge is 0.278 e. The SMILES string of the molecule is COc1cc(C2(C#N)CCOCC2)c([N+](=O)[O-])cc1OCCCCl. The lowest BCUT2D eigenvalue weighted by atomic mass is 9.74. The van der Waals surface area contributed by atoms with Crippen molar-refractivity contribution in [3.63, 3.8) is 0 Å². The highest BCUT2D eigenvalue weighted by molar-refractivity contribution is 6.17. The Morgan fingerprint density at radius 3 is 2.67 bits per heavy atom. The van der Waals surface area contributed by atoms with Gasteiger partial charge < -0.3 is 14.2 Å². The van der Waals surface area contributed by atoms with Crippen LogP contribution in [0.25, 0.3) is 0 Å². The van der Waals surface area contributed by atoms with E-state index in [-0.39, 0.29) is 11.4 Å². The minimum absolute atomic E-state index is 0.139. The van der Waals surface area contributed by atoms with Crippen molar-refractivity contribution < 1.29 is 19.1 Å². The van der Waals surface area contributed by atoms with Gasteiger partial charge in [0.25, 0.3) is 5.69 Å². The van der Waals surface area contributed by atoms with E-state index in [1.165, 1.54) is 13.2 Å². The van der Waals surface area contributed by atoms with E-state index in [4.69, 9.17) is 25.8 Å². The van der Waals surface area contributed by atoms with E-state index in [9.17, 15) is 15.4 Å². The van der Waals surface area contributed by atoms with Crippen molar-refractivity contribution in [3.05, 3.63) is 27.8 Å². The van der Waals surface area contributed by atoms with Crippen LogP contribution in [0.15, 0.2) is 12.1 Å². The quantitative estimate of drug-likeness (QED) is 0.323. The van der Waals surface area contributed by atoms with E-state index in [0.29, 0.717) is 56.3 Å². The number of benzene rings is 1.